The van der Waals surface area contributed by atoms with E-state index >= 15 is 0 Å². The van der Waals surface area contributed by atoms with Crippen molar-refractivity contribution in [2.75, 3.05) is 11.5 Å². The van der Waals surface area contributed by atoms with Crippen LogP contribution in [0.15, 0.2) is 97.3 Å². The molecule has 8 rings (SSSR count). The Kier molecular flexibility index (Phi) is 18.2. The van der Waals surface area contributed by atoms with Crippen LogP contribution in [0.1, 0.15) is 116 Å². The van der Waals surface area contributed by atoms with Crippen molar-refractivity contribution in [1.29, 1.82) is 0 Å². The van der Waals surface area contributed by atoms with Gasteiger partial charge in [-0.1, -0.05) is 42.8 Å². The Bertz CT molecular complexity index is 3330. The second-order valence-electron chi connectivity index (χ2n) is 18.7. The zero-order chi connectivity index (χ0) is 52.6. The number of aromatic nitrogens is 6. The molecule has 9 N–H and O–H groups in total. The molecule has 2 aromatic carbocycles. The number of fused-ring (bicyclic) bond motifs is 2. The number of nitrogens with zero attached hydrogens (tertiary/aromatic N) is 6. The summed E-state index contributed by atoms with van der Waals surface area (Å²) in [5.74, 6) is 0.446. The predicted molar refractivity (Wildman–Crippen MR) is 294 cm³/mol. The molecule has 0 saturated heterocycles. The Hall–Kier alpha value is -7.79. The van der Waals surface area contributed by atoms with Crippen molar-refractivity contribution >= 4 is 74.6 Å². The van der Waals surface area contributed by atoms with Crippen LogP contribution >= 0.6 is 23.2 Å². The van der Waals surface area contributed by atoms with Gasteiger partial charge in [0.05, 0.1) is 39.0 Å². The Labute approximate surface area is 441 Å². The molecule has 0 aliphatic rings. The van der Waals surface area contributed by atoms with E-state index in [0.29, 0.717) is 75.8 Å². The van der Waals surface area contributed by atoms with E-state index in [2.05, 4.69) is 40.9 Å². The number of carbonyl (C=O) groups is 3. The van der Waals surface area contributed by atoms with E-state index in [1.54, 1.807) is 69.6 Å². The predicted octanol–water partition coefficient (Wildman–Crippen LogP) is 9.92. The molecule has 0 aliphatic heterocycles. The van der Waals surface area contributed by atoms with Gasteiger partial charge in [-0.2, -0.15) is 0 Å². The normalized spacial score (nSPS) is 11.1. The summed E-state index contributed by atoms with van der Waals surface area (Å²) in [5.41, 5.74) is 29.5. The number of hydrogen-bond acceptors (Lipinski definition) is 13. The largest absolute Gasteiger partial charge is 0.444 e. The van der Waals surface area contributed by atoms with Crippen molar-refractivity contribution in [3.05, 3.63) is 186 Å². The van der Waals surface area contributed by atoms with Gasteiger partial charge >= 0.3 is 6.09 Å². The fraction of sp³-hybridized carbons (Fsp3) is 0.268. The van der Waals surface area contributed by atoms with Gasteiger partial charge in [-0.3, -0.25) is 29.5 Å². The summed E-state index contributed by atoms with van der Waals surface area (Å²) in [6.07, 6.45) is 3.69. The van der Waals surface area contributed by atoms with Crippen LogP contribution in [0.4, 0.5) is 16.4 Å². The van der Waals surface area contributed by atoms with Crippen molar-refractivity contribution in [3.8, 4) is 0 Å². The fourth-order valence-corrected chi connectivity index (χ4v) is 8.55. The van der Waals surface area contributed by atoms with Crippen molar-refractivity contribution in [2.45, 2.75) is 101 Å². The lowest BCUT2D eigenvalue weighted by molar-refractivity contribution is 0.0522. The van der Waals surface area contributed by atoms with Crippen LogP contribution in [-0.2, 0) is 43.8 Å². The highest BCUT2D eigenvalue weighted by molar-refractivity contribution is 6.31. The monoisotopic (exact) mass is 1040 g/mol. The lowest BCUT2D eigenvalue weighted by Gasteiger charge is -2.19. The van der Waals surface area contributed by atoms with E-state index in [0.717, 1.165) is 72.3 Å². The van der Waals surface area contributed by atoms with E-state index in [1.807, 2.05) is 76.2 Å². The molecule has 0 bridgehead atoms. The number of anilines is 2. The molecular formula is C56H62Cl2N12O4. The van der Waals surface area contributed by atoms with Crippen LogP contribution in [0.5, 0.6) is 0 Å². The number of halogens is 2. The van der Waals surface area contributed by atoms with Crippen molar-refractivity contribution in [2.24, 2.45) is 5.73 Å². The van der Waals surface area contributed by atoms with E-state index in [-0.39, 0.29) is 32.3 Å². The lowest BCUT2D eigenvalue weighted by atomic mass is 10.0. The molecule has 0 spiro atoms. The lowest BCUT2D eigenvalue weighted by Crippen LogP contribution is -2.32. The maximum atomic E-state index is 13.3. The number of nitrogens with one attached hydrogen (secondary N) is 3. The average Bonchev–Trinajstić information content (AvgIpc) is 3.31. The van der Waals surface area contributed by atoms with E-state index in [4.69, 9.17) is 50.1 Å². The zero-order valence-electron chi connectivity index (χ0n) is 41.8. The number of alkyl carbamates (subject to hydrolysis) is 1. The van der Waals surface area contributed by atoms with Gasteiger partial charge in [0, 0.05) is 89.5 Å². The Morgan fingerprint density at radius 3 is 1.43 bits per heavy atom. The molecule has 0 unspecified atom stereocenters. The minimum absolute atomic E-state index is 0. The molecule has 3 amide bonds. The first-order valence-electron chi connectivity index (χ1n) is 23.4. The first-order valence-corrected chi connectivity index (χ1v) is 24.2. The summed E-state index contributed by atoms with van der Waals surface area (Å²) in [6.45, 7) is 14.0. The molecule has 0 radical (unpaired) electrons. The van der Waals surface area contributed by atoms with Crippen LogP contribution in [0.25, 0.3) is 21.8 Å². The molecule has 0 fully saturated rings. The summed E-state index contributed by atoms with van der Waals surface area (Å²) in [7, 11) is 0. The highest BCUT2D eigenvalue weighted by Crippen LogP contribution is 2.23. The van der Waals surface area contributed by atoms with Gasteiger partial charge < -0.3 is 37.9 Å². The topological polar surface area (TPSA) is 252 Å². The number of nitrogens with two attached hydrogens (primary N) is 3. The summed E-state index contributed by atoms with van der Waals surface area (Å²) >= 11 is 12.2. The molecule has 16 nitrogen and oxygen atoms in total. The number of rotatable bonds is 13. The van der Waals surface area contributed by atoms with Gasteiger partial charge in [0.15, 0.2) is 0 Å². The average molecular weight is 1040 g/mol. The highest BCUT2D eigenvalue weighted by atomic mass is 35.5. The minimum atomic E-state index is -0.633. The van der Waals surface area contributed by atoms with Crippen molar-refractivity contribution < 1.29 is 19.1 Å². The summed E-state index contributed by atoms with van der Waals surface area (Å²) < 4.78 is 5.34. The number of benzene rings is 2. The van der Waals surface area contributed by atoms with Crippen molar-refractivity contribution in [3.63, 3.8) is 0 Å². The third kappa shape index (κ3) is 15.1. The van der Waals surface area contributed by atoms with E-state index < -0.39 is 11.7 Å². The second kappa shape index (κ2) is 24.3. The standard InChI is InChI=1S/C30H33ClN6O3.C25H25ClN6O.CH4/c1-17-8-27(32)36-18(2)25(17)16-34-28(38)21-12-23(37-24(13-21)15-35-29(39)40-30(3,4)5)10-19-6-7-26-20(9-19)11-22(31)14-33-26;1-14-5-24(28)31-15(2)22(14)13-30-25(33)18-9-20(32-21(10-18)11-27)7-16-3-4-23-17(6-16)8-19(26)12-29-23;/h6-9,11-14H,10,15-16H2,1-5H3,(H2,32,36)(H,34,38)(H,35,39);3-6,8-10,12H,7,11,13,27H2,1-2H3,(H2,28,31)(H,30,33);1H4. The third-order valence-corrected chi connectivity index (χ3v) is 12.0. The van der Waals surface area contributed by atoms with Crippen LogP contribution in [0, 0.1) is 27.7 Å². The Morgan fingerprint density at radius 2 is 1.00 bits per heavy atom. The summed E-state index contributed by atoms with van der Waals surface area (Å²) in [5, 5.41) is 11.7. The third-order valence-electron chi connectivity index (χ3n) is 11.6. The van der Waals surface area contributed by atoms with E-state index in [9.17, 15) is 14.4 Å². The minimum Gasteiger partial charge on any atom is -0.444 e. The van der Waals surface area contributed by atoms with Gasteiger partial charge in [0.1, 0.15) is 17.2 Å². The maximum absolute atomic E-state index is 13.3. The van der Waals surface area contributed by atoms with Gasteiger partial charge in [-0.05, 0) is 155 Å². The zero-order valence-corrected chi connectivity index (χ0v) is 43.3. The molecule has 384 valence electrons. The number of aryl methyl sites for hydroxylation is 4. The molecule has 0 saturated carbocycles. The van der Waals surface area contributed by atoms with Crippen LogP contribution < -0.4 is 33.2 Å². The highest BCUT2D eigenvalue weighted by Gasteiger charge is 2.18. The first-order chi connectivity index (χ1) is 34.7. The molecular weight excluding hydrogens is 976 g/mol. The Balaban J connectivity index is 0.000000242. The van der Waals surface area contributed by atoms with Crippen molar-refractivity contribution in [1.82, 2.24) is 45.9 Å². The molecule has 0 atom stereocenters. The van der Waals surface area contributed by atoms with Gasteiger partial charge in [0.25, 0.3) is 11.8 Å². The molecule has 74 heavy (non-hydrogen) atoms. The number of pyridine rings is 6. The number of nitrogen functional groups attached to an aromatic ring is 2. The maximum Gasteiger partial charge on any atom is 0.407 e. The van der Waals surface area contributed by atoms with Gasteiger partial charge in [-0.25, -0.2) is 14.8 Å². The number of carbonyl (C=O) groups excluding carboxylic acids is 3. The molecule has 0 aliphatic carbocycles. The molecule has 8 aromatic rings. The van der Waals surface area contributed by atoms with E-state index in [1.165, 1.54) is 0 Å². The number of hydrogen-bond donors (Lipinski definition) is 6. The number of amides is 3. The number of ether oxygens (including phenoxy) is 1. The molecule has 18 heteroatoms. The smallest absolute Gasteiger partial charge is 0.407 e. The summed E-state index contributed by atoms with van der Waals surface area (Å²) in [4.78, 5) is 65.1. The molecule has 6 heterocycles. The van der Waals surface area contributed by atoms with Crippen LogP contribution in [-0.4, -0.2) is 53.4 Å². The summed E-state index contributed by atoms with van der Waals surface area (Å²) in [6, 6.07) is 26.2. The Morgan fingerprint density at radius 1 is 0.568 bits per heavy atom. The SMILES string of the molecule is C.Cc1cc(N)nc(C)c1CNC(=O)c1cc(CN)nc(Cc2ccc3ncc(Cl)cc3c2)c1.Cc1cc(N)nc(C)c1CNC(=O)c1cc(CNC(=O)OC(C)(C)C)nc(Cc2ccc3ncc(Cl)cc3c2)c1. The second-order valence-corrected chi connectivity index (χ2v) is 19.5. The quantitative estimate of drug-likeness (QED) is 0.0630. The van der Waals surface area contributed by atoms with Gasteiger partial charge in [-0.15, -0.1) is 0 Å². The van der Waals surface area contributed by atoms with Crippen LogP contribution in [0.3, 0.4) is 0 Å². The van der Waals surface area contributed by atoms with Crippen LogP contribution in [0.2, 0.25) is 10.0 Å². The first kappa shape index (κ1) is 55.5. The molecule has 6 aromatic heterocycles. The fourth-order valence-electron chi connectivity index (χ4n) is 8.21. The van der Waals surface area contributed by atoms with Gasteiger partial charge in [0.2, 0.25) is 0 Å².